The summed E-state index contributed by atoms with van der Waals surface area (Å²) in [5.41, 5.74) is 0.192. The number of carboxylic acids is 1. The van der Waals surface area contributed by atoms with Crippen molar-refractivity contribution in [2.24, 2.45) is 0 Å². The van der Waals surface area contributed by atoms with Crippen molar-refractivity contribution in [1.29, 1.82) is 0 Å². The van der Waals surface area contributed by atoms with Gasteiger partial charge in [-0.15, -0.1) is 0 Å². The van der Waals surface area contributed by atoms with Crippen molar-refractivity contribution in [3.05, 3.63) is 59.7 Å². The van der Waals surface area contributed by atoms with Crippen molar-refractivity contribution in [2.45, 2.75) is 4.90 Å². The quantitative estimate of drug-likeness (QED) is 0.859. The van der Waals surface area contributed by atoms with Crippen LogP contribution in [0.4, 0.5) is 5.69 Å². The summed E-state index contributed by atoms with van der Waals surface area (Å²) in [5, 5.41) is 11.6. The highest BCUT2D eigenvalue weighted by molar-refractivity contribution is 7.89. The lowest BCUT2D eigenvalue weighted by molar-refractivity contribution is 0.0698. The van der Waals surface area contributed by atoms with Gasteiger partial charge in [0.25, 0.3) is 5.91 Å². The topological polar surface area (TPSA) is 104 Å². The van der Waals surface area contributed by atoms with Crippen LogP contribution in [-0.4, -0.2) is 43.8 Å². The van der Waals surface area contributed by atoms with E-state index in [9.17, 15) is 18.0 Å². The summed E-state index contributed by atoms with van der Waals surface area (Å²) in [6.07, 6.45) is 0. The highest BCUT2D eigenvalue weighted by atomic mass is 32.2. The Kier molecular flexibility index (Phi) is 5.01. The number of hydrogen-bond donors (Lipinski definition) is 2. The molecule has 0 aliphatic rings. The normalized spacial score (nSPS) is 11.3. The first kappa shape index (κ1) is 17.6. The summed E-state index contributed by atoms with van der Waals surface area (Å²) in [5.74, 6) is -1.77. The minimum absolute atomic E-state index is 0.0216. The molecule has 0 spiro atoms. The van der Waals surface area contributed by atoms with Crippen LogP contribution < -0.4 is 5.32 Å². The molecular formula is C16H16N2O5S. The maximum atomic E-state index is 12.3. The van der Waals surface area contributed by atoms with Gasteiger partial charge in [-0.2, -0.15) is 0 Å². The Morgan fingerprint density at radius 3 is 2.33 bits per heavy atom. The van der Waals surface area contributed by atoms with Crippen LogP contribution >= 0.6 is 0 Å². The molecule has 0 fully saturated rings. The van der Waals surface area contributed by atoms with Crippen LogP contribution in [0.2, 0.25) is 0 Å². The second-order valence-electron chi connectivity index (χ2n) is 5.12. The van der Waals surface area contributed by atoms with Gasteiger partial charge in [0, 0.05) is 19.7 Å². The first-order valence-corrected chi connectivity index (χ1v) is 8.34. The van der Waals surface area contributed by atoms with Crippen LogP contribution in [0.25, 0.3) is 0 Å². The standard InChI is InChI=1S/C16H16N2O5S/c1-18(2)24(22,23)12-7-5-6-11(10-12)15(19)17-14-9-4-3-8-13(14)16(20)21/h3-10H,1-2H3,(H,17,19)(H,20,21). The van der Waals surface area contributed by atoms with Crippen LogP contribution in [-0.2, 0) is 10.0 Å². The van der Waals surface area contributed by atoms with Crippen molar-refractivity contribution in [2.75, 3.05) is 19.4 Å². The molecule has 1 amide bonds. The molecule has 0 heterocycles. The van der Waals surface area contributed by atoms with Gasteiger partial charge in [0.15, 0.2) is 0 Å². The molecule has 2 aromatic rings. The molecule has 0 saturated heterocycles. The second-order valence-corrected chi connectivity index (χ2v) is 7.27. The van der Waals surface area contributed by atoms with Crippen LogP contribution in [0.1, 0.15) is 20.7 Å². The summed E-state index contributed by atoms with van der Waals surface area (Å²) in [6.45, 7) is 0. The number of carbonyl (C=O) groups excluding carboxylic acids is 1. The molecular weight excluding hydrogens is 332 g/mol. The summed E-state index contributed by atoms with van der Waals surface area (Å²) >= 11 is 0. The van der Waals surface area contributed by atoms with Crippen molar-refractivity contribution in [1.82, 2.24) is 4.31 Å². The van der Waals surface area contributed by atoms with Crippen LogP contribution in [0.3, 0.4) is 0 Å². The molecule has 7 nitrogen and oxygen atoms in total. The van der Waals surface area contributed by atoms with Gasteiger partial charge >= 0.3 is 5.97 Å². The van der Waals surface area contributed by atoms with E-state index in [2.05, 4.69) is 5.32 Å². The average Bonchev–Trinajstić information content (AvgIpc) is 2.55. The molecule has 0 saturated carbocycles. The van der Waals surface area contributed by atoms with E-state index >= 15 is 0 Å². The first-order chi connectivity index (χ1) is 11.2. The van der Waals surface area contributed by atoms with Crippen molar-refractivity contribution in [3.8, 4) is 0 Å². The summed E-state index contributed by atoms with van der Waals surface area (Å²) in [7, 11) is -0.880. The van der Waals surface area contributed by atoms with E-state index < -0.39 is 21.9 Å². The second kappa shape index (κ2) is 6.81. The minimum Gasteiger partial charge on any atom is -0.478 e. The van der Waals surface area contributed by atoms with Gasteiger partial charge < -0.3 is 10.4 Å². The Labute approximate surface area is 139 Å². The number of benzene rings is 2. The number of rotatable bonds is 5. The number of anilines is 1. The Balaban J connectivity index is 2.34. The third kappa shape index (κ3) is 3.61. The van der Waals surface area contributed by atoms with Crippen molar-refractivity contribution < 1.29 is 23.1 Å². The number of aromatic carboxylic acids is 1. The third-order valence-electron chi connectivity index (χ3n) is 3.28. The van der Waals surface area contributed by atoms with Gasteiger partial charge in [-0.1, -0.05) is 18.2 Å². The van der Waals surface area contributed by atoms with Gasteiger partial charge in [0.2, 0.25) is 10.0 Å². The fourth-order valence-corrected chi connectivity index (χ4v) is 2.93. The highest BCUT2D eigenvalue weighted by Crippen LogP contribution is 2.18. The molecule has 0 aliphatic carbocycles. The van der Waals surface area contributed by atoms with Crippen LogP contribution in [0.15, 0.2) is 53.4 Å². The van der Waals surface area contributed by atoms with Crippen LogP contribution in [0.5, 0.6) is 0 Å². The monoisotopic (exact) mass is 348 g/mol. The zero-order valence-electron chi connectivity index (χ0n) is 13.1. The molecule has 0 aromatic heterocycles. The van der Waals surface area contributed by atoms with Crippen molar-refractivity contribution in [3.63, 3.8) is 0 Å². The molecule has 2 N–H and O–H groups in total. The SMILES string of the molecule is CN(C)S(=O)(=O)c1cccc(C(=O)Nc2ccccc2C(=O)O)c1. The maximum Gasteiger partial charge on any atom is 0.337 e. The summed E-state index contributed by atoms with van der Waals surface area (Å²) < 4.78 is 25.3. The number of carboxylic acid groups (broad SMARTS) is 1. The number of nitrogens with zero attached hydrogens (tertiary/aromatic N) is 1. The summed E-state index contributed by atoms with van der Waals surface area (Å²) in [6, 6.07) is 11.5. The predicted molar refractivity (Wildman–Crippen MR) is 88.7 cm³/mol. The fourth-order valence-electron chi connectivity index (χ4n) is 1.98. The number of hydrogen-bond acceptors (Lipinski definition) is 4. The lowest BCUT2D eigenvalue weighted by Gasteiger charge is -2.12. The minimum atomic E-state index is -3.67. The van der Waals surface area contributed by atoms with Gasteiger partial charge in [0.05, 0.1) is 16.1 Å². The van der Waals surface area contributed by atoms with Gasteiger partial charge in [-0.25, -0.2) is 17.5 Å². The number of sulfonamides is 1. The molecule has 0 radical (unpaired) electrons. The Morgan fingerprint density at radius 2 is 1.71 bits per heavy atom. The molecule has 2 aromatic carbocycles. The van der Waals surface area contributed by atoms with E-state index in [0.717, 1.165) is 4.31 Å². The van der Waals surface area contributed by atoms with Gasteiger partial charge in [0.1, 0.15) is 0 Å². The van der Waals surface area contributed by atoms with E-state index in [4.69, 9.17) is 5.11 Å². The third-order valence-corrected chi connectivity index (χ3v) is 5.09. The molecule has 2 rings (SSSR count). The number of amides is 1. The Morgan fingerprint density at radius 1 is 1.04 bits per heavy atom. The molecule has 126 valence electrons. The number of carbonyl (C=O) groups is 2. The molecule has 0 aliphatic heterocycles. The molecule has 24 heavy (non-hydrogen) atoms. The number of nitrogens with one attached hydrogen (secondary N) is 1. The average molecular weight is 348 g/mol. The van der Waals surface area contributed by atoms with E-state index in [1.54, 1.807) is 12.1 Å². The highest BCUT2D eigenvalue weighted by Gasteiger charge is 2.19. The molecule has 0 atom stereocenters. The molecule has 8 heteroatoms. The fraction of sp³-hybridized carbons (Fsp3) is 0.125. The lowest BCUT2D eigenvalue weighted by atomic mass is 10.1. The van der Waals surface area contributed by atoms with Gasteiger partial charge in [-0.05, 0) is 30.3 Å². The van der Waals surface area contributed by atoms with E-state index in [1.807, 2.05) is 0 Å². The van der Waals surface area contributed by atoms with E-state index in [0.29, 0.717) is 0 Å². The Hall–Kier alpha value is -2.71. The largest absolute Gasteiger partial charge is 0.478 e. The first-order valence-electron chi connectivity index (χ1n) is 6.90. The van der Waals surface area contributed by atoms with Crippen molar-refractivity contribution >= 4 is 27.6 Å². The lowest BCUT2D eigenvalue weighted by Crippen LogP contribution is -2.23. The summed E-state index contributed by atoms with van der Waals surface area (Å²) in [4.78, 5) is 23.5. The van der Waals surface area contributed by atoms with E-state index in [1.165, 1.54) is 50.5 Å². The van der Waals surface area contributed by atoms with Crippen LogP contribution in [0, 0.1) is 0 Å². The predicted octanol–water partition coefficient (Wildman–Crippen LogP) is 1.89. The van der Waals surface area contributed by atoms with Gasteiger partial charge in [-0.3, -0.25) is 4.79 Å². The maximum absolute atomic E-state index is 12.3. The zero-order valence-corrected chi connectivity index (χ0v) is 13.9. The Bertz CT molecular complexity index is 891. The molecule has 0 bridgehead atoms. The number of para-hydroxylation sites is 1. The smallest absolute Gasteiger partial charge is 0.337 e. The molecule has 0 unspecified atom stereocenters. The van der Waals surface area contributed by atoms with E-state index in [-0.39, 0.29) is 21.7 Å². The zero-order chi connectivity index (χ0) is 17.9.